The van der Waals surface area contributed by atoms with E-state index in [-0.39, 0.29) is 5.75 Å². The summed E-state index contributed by atoms with van der Waals surface area (Å²) in [5.41, 5.74) is -0.679. The predicted octanol–water partition coefficient (Wildman–Crippen LogP) is 2.87. The molecule has 7 heteroatoms. The summed E-state index contributed by atoms with van der Waals surface area (Å²) in [5, 5.41) is 1.94. The maximum Gasteiger partial charge on any atom is 0.422 e. The summed E-state index contributed by atoms with van der Waals surface area (Å²) in [4.78, 5) is 26.4. The number of amides is 2. The van der Waals surface area contributed by atoms with Crippen LogP contribution in [-0.4, -0.2) is 22.8 Å². The second kappa shape index (κ2) is 5.81. The number of carbonyl (C=O) groups is 2. The van der Waals surface area contributed by atoms with Crippen LogP contribution in [0.25, 0.3) is 0 Å². The molecule has 0 unspecified atom stereocenters. The zero-order valence-electron chi connectivity index (χ0n) is 10.2. The van der Waals surface area contributed by atoms with Gasteiger partial charge in [-0.2, -0.15) is 0 Å². The largest absolute Gasteiger partial charge is 0.443 e. The lowest BCUT2D eigenvalue weighted by atomic mass is 10.2. The number of aromatic nitrogens is 1. The maximum atomic E-state index is 11.3. The number of alkyl carbamates (subject to hydrolysis) is 1. The summed E-state index contributed by atoms with van der Waals surface area (Å²) in [6.45, 7) is 5.07. The van der Waals surface area contributed by atoms with Gasteiger partial charge in [0.05, 0.1) is 6.20 Å². The van der Waals surface area contributed by atoms with Gasteiger partial charge in [0.1, 0.15) is 5.60 Å². The first-order chi connectivity index (χ1) is 8.26. The standard InChI is InChI=1S/C11H13BrN2O4/c1-11(2,3)18-10(16)14-9(15)17-8-4-7(12)5-13-6-8/h4-6H,1-3H3,(H,14,15,16). The highest BCUT2D eigenvalue weighted by Gasteiger charge is 2.19. The van der Waals surface area contributed by atoms with Gasteiger partial charge in [0.25, 0.3) is 0 Å². The number of rotatable bonds is 1. The van der Waals surface area contributed by atoms with Crippen molar-refractivity contribution in [2.45, 2.75) is 26.4 Å². The van der Waals surface area contributed by atoms with Crippen molar-refractivity contribution in [3.8, 4) is 5.75 Å². The Balaban J connectivity index is 2.50. The van der Waals surface area contributed by atoms with E-state index in [1.54, 1.807) is 33.0 Å². The van der Waals surface area contributed by atoms with Crippen LogP contribution in [-0.2, 0) is 4.74 Å². The van der Waals surface area contributed by atoms with Crippen LogP contribution in [0.2, 0.25) is 0 Å². The van der Waals surface area contributed by atoms with Gasteiger partial charge in [-0.25, -0.2) is 14.9 Å². The Morgan fingerprint density at radius 2 is 1.94 bits per heavy atom. The minimum Gasteiger partial charge on any atom is -0.443 e. The molecule has 98 valence electrons. The first-order valence-electron chi connectivity index (χ1n) is 5.08. The molecule has 1 aromatic heterocycles. The highest BCUT2D eigenvalue weighted by atomic mass is 79.9. The Morgan fingerprint density at radius 1 is 1.28 bits per heavy atom. The average Bonchev–Trinajstić information content (AvgIpc) is 2.13. The van der Waals surface area contributed by atoms with Gasteiger partial charge in [-0.1, -0.05) is 0 Å². The van der Waals surface area contributed by atoms with Gasteiger partial charge in [-0.15, -0.1) is 0 Å². The van der Waals surface area contributed by atoms with Crippen molar-refractivity contribution >= 4 is 28.1 Å². The highest BCUT2D eigenvalue weighted by Crippen LogP contribution is 2.15. The van der Waals surface area contributed by atoms with Crippen molar-refractivity contribution in [3.63, 3.8) is 0 Å². The van der Waals surface area contributed by atoms with E-state index < -0.39 is 17.8 Å². The Kier molecular flexibility index (Phi) is 4.66. The second-order valence-corrected chi connectivity index (χ2v) is 5.27. The summed E-state index contributed by atoms with van der Waals surface area (Å²) in [6.07, 6.45) is 1.09. The quantitative estimate of drug-likeness (QED) is 0.862. The second-order valence-electron chi connectivity index (χ2n) is 4.36. The smallest absolute Gasteiger partial charge is 0.422 e. The molecule has 6 nitrogen and oxygen atoms in total. The number of pyridine rings is 1. The van der Waals surface area contributed by atoms with Gasteiger partial charge in [0.15, 0.2) is 5.75 Å². The van der Waals surface area contributed by atoms with Gasteiger partial charge in [-0.05, 0) is 42.8 Å². The van der Waals surface area contributed by atoms with Crippen LogP contribution >= 0.6 is 15.9 Å². The zero-order valence-corrected chi connectivity index (χ0v) is 11.8. The third-order valence-corrected chi connectivity index (χ3v) is 1.93. The number of hydrogen-bond donors (Lipinski definition) is 1. The van der Waals surface area contributed by atoms with Gasteiger partial charge >= 0.3 is 12.2 Å². The van der Waals surface area contributed by atoms with E-state index >= 15 is 0 Å². The molecule has 0 saturated heterocycles. The molecule has 0 aliphatic rings. The Labute approximate surface area is 113 Å². The van der Waals surface area contributed by atoms with Gasteiger partial charge in [0.2, 0.25) is 0 Å². The van der Waals surface area contributed by atoms with Crippen molar-refractivity contribution in [1.29, 1.82) is 0 Å². The fourth-order valence-corrected chi connectivity index (χ4v) is 1.31. The molecule has 1 rings (SSSR count). The Bertz CT molecular complexity index is 457. The van der Waals surface area contributed by atoms with Gasteiger partial charge in [0, 0.05) is 10.7 Å². The molecule has 0 spiro atoms. The van der Waals surface area contributed by atoms with E-state index in [1.165, 1.54) is 6.20 Å². The monoisotopic (exact) mass is 316 g/mol. The number of ether oxygens (including phenoxy) is 2. The van der Waals surface area contributed by atoms with Crippen molar-refractivity contribution in [2.75, 3.05) is 0 Å². The van der Waals surface area contributed by atoms with Crippen LogP contribution in [0.5, 0.6) is 5.75 Å². The van der Waals surface area contributed by atoms with Gasteiger partial charge in [-0.3, -0.25) is 4.98 Å². The minimum atomic E-state index is -0.927. The SMILES string of the molecule is CC(C)(C)OC(=O)NC(=O)Oc1cncc(Br)c1. The molecular weight excluding hydrogens is 304 g/mol. The molecule has 0 radical (unpaired) electrons. The van der Waals surface area contributed by atoms with Crippen LogP contribution in [0.4, 0.5) is 9.59 Å². The lowest BCUT2D eigenvalue weighted by Crippen LogP contribution is -2.37. The molecule has 1 aromatic rings. The lowest BCUT2D eigenvalue weighted by molar-refractivity contribution is 0.0533. The first kappa shape index (κ1) is 14.4. The van der Waals surface area contributed by atoms with Gasteiger partial charge < -0.3 is 9.47 Å². The molecular formula is C11H13BrN2O4. The zero-order chi connectivity index (χ0) is 13.8. The molecule has 2 amide bonds. The summed E-state index contributed by atoms with van der Waals surface area (Å²) in [7, 11) is 0. The van der Waals surface area contributed by atoms with Crippen molar-refractivity contribution in [2.24, 2.45) is 0 Å². The van der Waals surface area contributed by atoms with E-state index in [9.17, 15) is 9.59 Å². The van der Waals surface area contributed by atoms with E-state index in [0.29, 0.717) is 4.47 Å². The van der Waals surface area contributed by atoms with Crippen molar-refractivity contribution in [3.05, 3.63) is 22.9 Å². The summed E-state index contributed by atoms with van der Waals surface area (Å²) < 4.78 is 10.4. The van der Waals surface area contributed by atoms with Crippen LogP contribution in [0.1, 0.15) is 20.8 Å². The molecule has 0 saturated carbocycles. The molecule has 0 aromatic carbocycles. The van der Waals surface area contributed by atoms with E-state index in [2.05, 4.69) is 20.9 Å². The van der Waals surface area contributed by atoms with Crippen molar-refractivity contribution < 1.29 is 19.1 Å². The minimum absolute atomic E-state index is 0.213. The molecule has 1 heterocycles. The van der Waals surface area contributed by atoms with Crippen molar-refractivity contribution in [1.82, 2.24) is 10.3 Å². The van der Waals surface area contributed by atoms with Crippen LogP contribution in [0, 0.1) is 0 Å². The van der Waals surface area contributed by atoms with E-state index in [1.807, 2.05) is 5.32 Å². The molecule has 18 heavy (non-hydrogen) atoms. The number of nitrogens with one attached hydrogen (secondary N) is 1. The van der Waals surface area contributed by atoms with Crippen LogP contribution < -0.4 is 10.1 Å². The molecule has 0 bridgehead atoms. The number of carbonyl (C=O) groups excluding carboxylic acids is 2. The predicted molar refractivity (Wildman–Crippen MR) is 67.3 cm³/mol. The van der Waals surface area contributed by atoms with Crippen LogP contribution in [0.15, 0.2) is 22.9 Å². The molecule has 0 atom stereocenters. The average molecular weight is 317 g/mol. The topological polar surface area (TPSA) is 77.5 Å². The number of halogens is 1. The Morgan fingerprint density at radius 3 is 2.50 bits per heavy atom. The Hall–Kier alpha value is -1.63. The number of nitrogens with zero attached hydrogens (tertiary/aromatic N) is 1. The third-order valence-electron chi connectivity index (χ3n) is 1.49. The van der Waals surface area contributed by atoms with Crippen LogP contribution in [0.3, 0.4) is 0 Å². The maximum absolute atomic E-state index is 11.3. The van der Waals surface area contributed by atoms with E-state index in [4.69, 9.17) is 9.47 Å². The fraction of sp³-hybridized carbons (Fsp3) is 0.364. The molecule has 0 aliphatic heterocycles. The summed E-state index contributed by atoms with van der Waals surface area (Å²) in [5.74, 6) is 0.213. The normalized spacial score (nSPS) is 10.7. The van der Waals surface area contributed by atoms with E-state index in [0.717, 1.165) is 0 Å². The lowest BCUT2D eigenvalue weighted by Gasteiger charge is -2.18. The number of imide groups is 1. The first-order valence-corrected chi connectivity index (χ1v) is 5.88. The molecule has 1 N–H and O–H groups in total. The number of hydrogen-bond acceptors (Lipinski definition) is 5. The highest BCUT2D eigenvalue weighted by molar-refractivity contribution is 9.10. The third kappa shape index (κ3) is 5.62. The summed E-state index contributed by atoms with van der Waals surface area (Å²) >= 11 is 3.18. The summed E-state index contributed by atoms with van der Waals surface area (Å²) in [6, 6.07) is 1.54. The molecule has 0 aliphatic carbocycles. The fourth-order valence-electron chi connectivity index (χ4n) is 0.968. The molecule has 0 fully saturated rings.